The summed E-state index contributed by atoms with van der Waals surface area (Å²) in [7, 11) is 1.31. The molecule has 23 heavy (non-hydrogen) atoms. The summed E-state index contributed by atoms with van der Waals surface area (Å²) < 4.78 is 11.4. The molecule has 0 spiro atoms. The van der Waals surface area contributed by atoms with E-state index in [2.05, 4.69) is 22.6 Å². The lowest BCUT2D eigenvalue weighted by Crippen LogP contribution is -2.22. The first-order valence-electron chi connectivity index (χ1n) is 6.95. The zero-order valence-electron chi connectivity index (χ0n) is 12.3. The second-order valence-corrected chi connectivity index (χ2v) is 6.27. The van der Waals surface area contributed by atoms with Gasteiger partial charge in [-0.15, -0.1) is 0 Å². The molecule has 0 aliphatic rings. The lowest BCUT2D eigenvalue weighted by Gasteiger charge is -2.14. The summed E-state index contributed by atoms with van der Waals surface area (Å²) in [5.41, 5.74) is 1.24. The van der Waals surface area contributed by atoms with Crippen LogP contribution in [0.1, 0.15) is 17.0 Å². The number of carbonyl (C=O) groups is 1. The highest BCUT2D eigenvalue weighted by molar-refractivity contribution is 14.1. The van der Waals surface area contributed by atoms with Gasteiger partial charge in [0.25, 0.3) is 0 Å². The van der Waals surface area contributed by atoms with Gasteiger partial charge in [0.1, 0.15) is 11.5 Å². The molecule has 0 amide bonds. The van der Waals surface area contributed by atoms with E-state index < -0.39 is 11.9 Å². The van der Waals surface area contributed by atoms with Gasteiger partial charge in [-0.1, -0.05) is 30.3 Å². The van der Waals surface area contributed by atoms with Gasteiger partial charge in [-0.2, -0.15) is 0 Å². The van der Waals surface area contributed by atoms with E-state index in [1.165, 1.54) is 13.4 Å². The minimum Gasteiger partial charge on any atom is -0.468 e. The van der Waals surface area contributed by atoms with Gasteiger partial charge in [-0.05, 0) is 46.4 Å². The molecule has 0 bridgehead atoms. The molecular formula is C18H13IO4. The molecule has 1 heterocycles. The number of esters is 1. The van der Waals surface area contributed by atoms with E-state index in [1.54, 1.807) is 24.3 Å². The van der Waals surface area contributed by atoms with E-state index in [0.29, 0.717) is 16.5 Å². The third-order valence-corrected chi connectivity index (χ3v) is 4.31. The topological polar surface area (TPSA) is 56.5 Å². The molecule has 3 rings (SSSR count). The highest BCUT2D eigenvalue weighted by Crippen LogP contribution is 2.26. The average molecular weight is 420 g/mol. The molecule has 2 aromatic carbocycles. The predicted molar refractivity (Wildman–Crippen MR) is 95.5 cm³/mol. The number of hydrogen-bond acceptors (Lipinski definition) is 4. The summed E-state index contributed by atoms with van der Waals surface area (Å²) in [6.07, 6.45) is 1.35. The molecule has 0 aliphatic heterocycles. The second kappa shape index (κ2) is 6.54. The van der Waals surface area contributed by atoms with Crippen molar-refractivity contribution in [2.45, 2.75) is 5.92 Å². The third kappa shape index (κ3) is 3.01. The van der Waals surface area contributed by atoms with E-state index in [9.17, 15) is 9.59 Å². The molecule has 1 aromatic heterocycles. The summed E-state index contributed by atoms with van der Waals surface area (Å²) in [6, 6.07) is 14.4. The van der Waals surface area contributed by atoms with Crippen molar-refractivity contribution in [3.63, 3.8) is 0 Å². The van der Waals surface area contributed by atoms with E-state index in [0.717, 1.165) is 3.57 Å². The number of halogens is 1. The Bertz CT molecular complexity index is 915. The van der Waals surface area contributed by atoms with Crippen LogP contribution >= 0.6 is 22.6 Å². The van der Waals surface area contributed by atoms with Gasteiger partial charge in [0, 0.05) is 3.57 Å². The van der Waals surface area contributed by atoms with Crippen molar-refractivity contribution >= 4 is 39.5 Å². The Labute approximate surface area is 146 Å². The van der Waals surface area contributed by atoms with E-state index >= 15 is 0 Å². The Morgan fingerprint density at radius 3 is 2.61 bits per heavy atom. The standard InChI is InChI=1S/C18H13IO4/c1-22-18(21)16(11-5-3-2-4-6-11)14-10-23-15-8-7-12(19)9-13(15)17(14)20/h2-10,16H,1H3. The Morgan fingerprint density at radius 2 is 1.91 bits per heavy atom. The summed E-state index contributed by atoms with van der Waals surface area (Å²) in [4.78, 5) is 25.1. The number of ether oxygens (including phenoxy) is 1. The normalized spacial score (nSPS) is 12.1. The molecule has 0 N–H and O–H groups in total. The molecule has 0 saturated carbocycles. The molecule has 116 valence electrons. The van der Waals surface area contributed by atoms with Crippen LogP contribution in [-0.2, 0) is 9.53 Å². The Morgan fingerprint density at radius 1 is 1.17 bits per heavy atom. The number of fused-ring (bicyclic) bond motifs is 1. The van der Waals surface area contributed by atoms with Gasteiger partial charge in [-0.25, -0.2) is 0 Å². The zero-order chi connectivity index (χ0) is 16.4. The fourth-order valence-electron chi connectivity index (χ4n) is 2.52. The summed E-state index contributed by atoms with van der Waals surface area (Å²) >= 11 is 2.13. The van der Waals surface area contributed by atoms with Crippen LogP contribution in [0.3, 0.4) is 0 Å². The minimum atomic E-state index is -0.806. The van der Waals surface area contributed by atoms with Gasteiger partial charge >= 0.3 is 5.97 Å². The lowest BCUT2D eigenvalue weighted by atomic mass is 9.92. The SMILES string of the molecule is COC(=O)C(c1ccccc1)c1coc2ccc(I)cc2c1=O. The second-order valence-electron chi connectivity index (χ2n) is 5.03. The van der Waals surface area contributed by atoms with Crippen LogP contribution in [0.15, 0.2) is 64.0 Å². The average Bonchev–Trinajstić information content (AvgIpc) is 2.58. The first-order chi connectivity index (χ1) is 11.1. The maximum Gasteiger partial charge on any atom is 0.317 e. The van der Waals surface area contributed by atoms with Crippen molar-refractivity contribution < 1.29 is 13.9 Å². The number of carbonyl (C=O) groups excluding carboxylic acids is 1. The fourth-order valence-corrected chi connectivity index (χ4v) is 3.01. The number of rotatable bonds is 3. The smallest absolute Gasteiger partial charge is 0.317 e. The van der Waals surface area contributed by atoms with Crippen molar-refractivity contribution in [3.8, 4) is 0 Å². The van der Waals surface area contributed by atoms with Gasteiger partial charge in [0.15, 0.2) is 5.43 Å². The maximum absolute atomic E-state index is 12.8. The molecule has 5 heteroatoms. The third-order valence-electron chi connectivity index (χ3n) is 3.64. The zero-order valence-corrected chi connectivity index (χ0v) is 14.4. The summed E-state index contributed by atoms with van der Waals surface area (Å²) in [5.74, 6) is -1.30. The van der Waals surface area contributed by atoms with Crippen LogP contribution in [0.4, 0.5) is 0 Å². The molecule has 1 atom stereocenters. The van der Waals surface area contributed by atoms with Crippen molar-refractivity contribution in [2.75, 3.05) is 7.11 Å². The largest absolute Gasteiger partial charge is 0.468 e. The highest BCUT2D eigenvalue weighted by Gasteiger charge is 2.27. The molecule has 1 unspecified atom stereocenters. The quantitative estimate of drug-likeness (QED) is 0.479. The fraction of sp³-hybridized carbons (Fsp3) is 0.111. The van der Waals surface area contributed by atoms with Crippen molar-refractivity contribution in [1.29, 1.82) is 0 Å². The van der Waals surface area contributed by atoms with Crippen LogP contribution in [0.25, 0.3) is 11.0 Å². The Balaban J connectivity index is 2.25. The van der Waals surface area contributed by atoms with Gasteiger partial charge < -0.3 is 9.15 Å². The highest BCUT2D eigenvalue weighted by atomic mass is 127. The van der Waals surface area contributed by atoms with Crippen LogP contribution in [-0.4, -0.2) is 13.1 Å². The molecular weight excluding hydrogens is 407 g/mol. The van der Waals surface area contributed by atoms with Crippen molar-refractivity contribution in [2.24, 2.45) is 0 Å². The number of hydrogen-bond donors (Lipinski definition) is 0. The Hall–Kier alpha value is -2.15. The molecule has 0 radical (unpaired) electrons. The van der Waals surface area contributed by atoms with Gasteiger partial charge in [-0.3, -0.25) is 9.59 Å². The monoisotopic (exact) mass is 420 g/mol. The minimum absolute atomic E-state index is 0.219. The van der Waals surface area contributed by atoms with Crippen LogP contribution in [0, 0.1) is 3.57 Å². The molecule has 4 nitrogen and oxygen atoms in total. The van der Waals surface area contributed by atoms with Gasteiger partial charge in [0.05, 0.1) is 24.3 Å². The first kappa shape index (κ1) is 15.7. The van der Waals surface area contributed by atoms with Crippen LogP contribution in [0.2, 0.25) is 0 Å². The Kier molecular flexibility index (Phi) is 4.47. The van der Waals surface area contributed by atoms with Crippen LogP contribution < -0.4 is 5.43 Å². The first-order valence-corrected chi connectivity index (χ1v) is 8.03. The van der Waals surface area contributed by atoms with E-state index in [1.807, 2.05) is 24.3 Å². The summed E-state index contributed by atoms with van der Waals surface area (Å²) in [5, 5.41) is 0.458. The molecule has 0 fully saturated rings. The van der Waals surface area contributed by atoms with Crippen molar-refractivity contribution in [3.05, 3.63) is 79.7 Å². The van der Waals surface area contributed by atoms with Crippen LogP contribution in [0.5, 0.6) is 0 Å². The number of benzene rings is 2. The molecule has 0 saturated heterocycles. The van der Waals surface area contributed by atoms with E-state index in [4.69, 9.17) is 9.15 Å². The maximum atomic E-state index is 12.8. The molecule has 3 aromatic rings. The predicted octanol–water partition coefficient (Wildman–Crippen LogP) is 3.70. The van der Waals surface area contributed by atoms with E-state index in [-0.39, 0.29) is 11.0 Å². The van der Waals surface area contributed by atoms with Crippen molar-refractivity contribution in [1.82, 2.24) is 0 Å². The lowest BCUT2D eigenvalue weighted by molar-refractivity contribution is -0.141. The summed E-state index contributed by atoms with van der Waals surface area (Å²) in [6.45, 7) is 0. The van der Waals surface area contributed by atoms with Gasteiger partial charge in [0.2, 0.25) is 0 Å². The molecule has 0 aliphatic carbocycles. The number of methoxy groups -OCH3 is 1.